The van der Waals surface area contributed by atoms with Gasteiger partial charge >= 0.3 is 0 Å². The number of ether oxygens (including phenoxy) is 1. The topological polar surface area (TPSA) is 32.7 Å². The van der Waals surface area contributed by atoms with Crippen molar-refractivity contribution >= 4 is 0 Å². The van der Waals surface area contributed by atoms with Crippen LogP contribution in [-0.4, -0.2) is 49.5 Å². The number of rotatable bonds is 4. The molecule has 1 rings (SSSR count). The number of β-amino-alcohol motifs (C(OH)–C–C–N with tert-alkyl or cyclic N) is 1. The first-order valence-electron chi connectivity index (χ1n) is 4.72. The van der Waals surface area contributed by atoms with Crippen molar-refractivity contribution in [2.45, 2.75) is 25.4 Å². The van der Waals surface area contributed by atoms with Crippen molar-refractivity contribution in [1.82, 2.24) is 4.90 Å². The summed E-state index contributed by atoms with van der Waals surface area (Å²) < 4.78 is 4.87. The smallest absolute Gasteiger partial charge is 0.0900 e. The van der Waals surface area contributed by atoms with E-state index in [1.165, 1.54) is 19.3 Å². The van der Waals surface area contributed by atoms with Gasteiger partial charge < -0.3 is 14.7 Å². The molecule has 0 aliphatic carbocycles. The summed E-state index contributed by atoms with van der Waals surface area (Å²) in [7, 11) is 1.62. The Labute approximate surface area is 74.3 Å². The average Bonchev–Trinajstić information content (AvgIpc) is 2.06. The Morgan fingerprint density at radius 1 is 1.33 bits per heavy atom. The van der Waals surface area contributed by atoms with Gasteiger partial charge in [0.2, 0.25) is 0 Å². The third kappa shape index (κ3) is 3.52. The Bertz CT molecular complexity index is 113. The zero-order valence-corrected chi connectivity index (χ0v) is 7.83. The molecule has 0 aromatic heterocycles. The molecule has 0 spiro atoms. The van der Waals surface area contributed by atoms with Crippen LogP contribution in [0.5, 0.6) is 0 Å². The molecule has 72 valence electrons. The number of methoxy groups -OCH3 is 1. The first kappa shape index (κ1) is 9.96. The van der Waals surface area contributed by atoms with Crippen LogP contribution in [0.1, 0.15) is 19.3 Å². The third-order valence-corrected chi connectivity index (χ3v) is 2.28. The van der Waals surface area contributed by atoms with Crippen molar-refractivity contribution in [2.24, 2.45) is 0 Å². The number of nitrogens with zero attached hydrogens (tertiary/aromatic N) is 1. The summed E-state index contributed by atoms with van der Waals surface area (Å²) in [6.45, 7) is 3.51. The van der Waals surface area contributed by atoms with E-state index in [0.717, 1.165) is 19.6 Å². The first-order valence-corrected chi connectivity index (χ1v) is 4.72. The fourth-order valence-electron chi connectivity index (χ4n) is 1.69. The van der Waals surface area contributed by atoms with Crippen LogP contribution in [0.2, 0.25) is 0 Å². The predicted octanol–water partition coefficient (Wildman–Crippen LogP) is 0.480. The summed E-state index contributed by atoms with van der Waals surface area (Å²) in [4.78, 5) is 2.31. The molecule has 1 saturated heterocycles. The highest BCUT2D eigenvalue weighted by atomic mass is 16.5. The normalized spacial score (nSPS) is 22.5. The van der Waals surface area contributed by atoms with Crippen molar-refractivity contribution in [3.63, 3.8) is 0 Å². The highest BCUT2D eigenvalue weighted by Crippen LogP contribution is 2.08. The zero-order chi connectivity index (χ0) is 8.81. The van der Waals surface area contributed by atoms with Gasteiger partial charge in [0.1, 0.15) is 0 Å². The van der Waals surface area contributed by atoms with Crippen LogP contribution in [0.3, 0.4) is 0 Å². The minimum Gasteiger partial charge on any atom is -0.389 e. The second-order valence-corrected chi connectivity index (χ2v) is 3.47. The van der Waals surface area contributed by atoms with Crippen molar-refractivity contribution < 1.29 is 9.84 Å². The van der Waals surface area contributed by atoms with Crippen LogP contribution in [0.15, 0.2) is 0 Å². The molecule has 1 aliphatic rings. The quantitative estimate of drug-likeness (QED) is 0.671. The summed E-state index contributed by atoms with van der Waals surface area (Å²) in [5.41, 5.74) is 0. The first-order chi connectivity index (χ1) is 5.83. The van der Waals surface area contributed by atoms with E-state index in [1.807, 2.05) is 0 Å². The predicted molar refractivity (Wildman–Crippen MR) is 48.2 cm³/mol. The van der Waals surface area contributed by atoms with E-state index in [9.17, 15) is 5.11 Å². The fraction of sp³-hybridized carbons (Fsp3) is 1.00. The molecule has 0 amide bonds. The molecule has 0 radical (unpaired) electrons. The van der Waals surface area contributed by atoms with E-state index in [1.54, 1.807) is 7.11 Å². The van der Waals surface area contributed by atoms with Crippen molar-refractivity contribution in [2.75, 3.05) is 33.4 Å². The highest BCUT2D eigenvalue weighted by Gasteiger charge is 2.13. The van der Waals surface area contributed by atoms with E-state index in [0.29, 0.717) is 6.61 Å². The maximum Gasteiger partial charge on any atom is 0.0900 e. The number of likely N-dealkylation sites (tertiary alicyclic amines) is 1. The van der Waals surface area contributed by atoms with Crippen LogP contribution >= 0.6 is 0 Å². The van der Waals surface area contributed by atoms with Gasteiger partial charge in [0, 0.05) is 13.7 Å². The molecule has 0 bridgehead atoms. The standard InChI is InChI=1S/C9H19NO2/c1-12-8-9(11)7-10-5-3-2-4-6-10/h9,11H,2-8H2,1H3/t9-/m1/s1. The molecule has 1 aliphatic heterocycles. The summed E-state index contributed by atoms with van der Waals surface area (Å²) in [6, 6.07) is 0. The van der Waals surface area contributed by atoms with Gasteiger partial charge in [-0.15, -0.1) is 0 Å². The Hall–Kier alpha value is -0.120. The number of piperidine rings is 1. The lowest BCUT2D eigenvalue weighted by Gasteiger charge is -2.28. The van der Waals surface area contributed by atoms with Gasteiger partial charge in [-0.2, -0.15) is 0 Å². The largest absolute Gasteiger partial charge is 0.389 e. The molecule has 1 atom stereocenters. The molecule has 12 heavy (non-hydrogen) atoms. The van der Waals surface area contributed by atoms with Gasteiger partial charge in [0.05, 0.1) is 12.7 Å². The van der Waals surface area contributed by atoms with E-state index < -0.39 is 0 Å². The monoisotopic (exact) mass is 173 g/mol. The second kappa shape index (κ2) is 5.51. The van der Waals surface area contributed by atoms with Crippen molar-refractivity contribution in [3.05, 3.63) is 0 Å². The highest BCUT2D eigenvalue weighted by molar-refractivity contribution is 4.68. The molecule has 0 aromatic carbocycles. The van der Waals surface area contributed by atoms with Crippen LogP contribution in [-0.2, 0) is 4.74 Å². The zero-order valence-electron chi connectivity index (χ0n) is 7.83. The van der Waals surface area contributed by atoms with Crippen LogP contribution in [0, 0.1) is 0 Å². The molecule has 0 unspecified atom stereocenters. The number of hydrogen-bond acceptors (Lipinski definition) is 3. The Kier molecular flexibility index (Phi) is 4.58. The maximum atomic E-state index is 9.43. The molecule has 1 heterocycles. The summed E-state index contributed by atoms with van der Waals surface area (Å²) in [5.74, 6) is 0. The van der Waals surface area contributed by atoms with Crippen molar-refractivity contribution in [3.8, 4) is 0 Å². The van der Waals surface area contributed by atoms with Crippen LogP contribution in [0.25, 0.3) is 0 Å². The van der Waals surface area contributed by atoms with E-state index in [-0.39, 0.29) is 6.10 Å². The minimum absolute atomic E-state index is 0.312. The molecular formula is C9H19NO2. The fourth-order valence-corrected chi connectivity index (χ4v) is 1.69. The summed E-state index contributed by atoms with van der Waals surface area (Å²) >= 11 is 0. The third-order valence-electron chi connectivity index (χ3n) is 2.28. The molecule has 3 nitrogen and oxygen atoms in total. The number of aliphatic hydroxyl groups is 1. The SMILES string of the molecule is COC[C@H](O)CN1CCCCC1. The molecular weight excluding hydrogens is 154 g/mol. The number of aliphatic hydroxyl groups excluding tert-OH is 1. The van der Waals surface area contributed by atoms with Gasteiger partial charge in [-0.05, 0) is 25.9 Å². The lowest BCUT2D eigenvalue weighted by atomic mass is 10.1. The van der Waals surface area contributed by atoms with Crippen LogP contribution in [0.4, 0.5) is 0 Å². The second-order valence-electron chi connectivity index (χ2n) is 3.47. The van der Waals surface area contributed by atoms with E-state index >= 15 is 0 Å². The Morgan fingerprint density at radius 2 is 2.00 bits per heavy atom. The average molecular weight is 173 g/mol. The van der Waals surface area contributed by atoms with Gasteiger partial charge in [0.15, 0.2) is 0 Å². The summed E-state index contributed by atoms with van der Waals surface area (Å²) in [5, 5.41) is 9.43. The van der Waals surface area contributed by atoms with Gasteiger partial charge in [-0.1, -0.05) is 6.42 Å². The van der Waals surface area contributed by atoms with Gasteiger partial charge in [-0.25, -0.2) is 0 Å². The maximum absolute atomic E-state index is 9.43. The van der Waals surface area contributed by atoms with Gasteiger partial charge in [0.25, 0.3) is 0 Å². The van der Waals surface area contributed by atoms with Crippen molar-refractivity contribution in [1.29, 1.82) is 0 Å². The molecule has 0 saturated carbocycles. The number of hydrogen-bond donors (Lipinski definition) is 1. The summed E-state index contributed by atoms with van der Waals surface area (Å²) in [6.07, 6.45) is 3.59. The lowest BCUT2D eigenvalue weighted by molar-refractivity contribution is 0.0335. The Morgan fingerprint density at radius 3 is 2.58 bits per heavy atom. The Balaban J connectivity index is 2.11. The minimum atomic E-state index is -0.312. The molecule has 1 fully saturated rings. The van der Waals surface area contributed by atoms with Gasteiger partial charge in [-0.3, -0.25) is 0 Å². The molecule has 3 heteroatoms. The van der Waals surface area contributed by atoms with Crippen LogP contribution < -0.4 is 0 Å². The van der Waals surface area contributed by atoms with E-state index in [2.05, 4.69) is 4.90 Å². The lowest BCUT2D eigenvalue weighted by Crippen LogP contribution is -2.37. The molecule has 1 N–H and O–H groups in total. The molecule has 0 aromatic rings. The van der Waals surface area contributed by atoms with E-state index in [4.69, 9.17) is 4.74 Å².